The Hall–Kier alpha value is -0.980. The van der Waals surface area contributed by atoms with E-state index in [1.807, 2.05) is 0 Å². The Labute approximate surface area is 107 Å². The van der Waals surface area contributed by atoms with Crippen LogP contribution in [-0.4, -0.2) is 30.2 Å². The Morgan fingerprint density at radius 3 is 2.82 bits per heavy atom. The fraction of sp³-hybridized carbons (Fsp3) is 0.364. The summed E-state index contributed by atoms with van der Waals surface area (Å²) in [5.74, 6) is -0.984. The van der Waals surface area contributed by atoms with Crippen LogP contribution in [0.5, 0.6) is 0 Å². The maximum absolute atomic E-state index is 13.5. The van der Waals surface area contributed by atoms with Crippen LogP contribution in [0.4, 0.5) is 4.39 Å². The van der Waals surface area contributed by atoms with Crippen molar-refractivity contribution in [3.05, 3.63) is 34.1 Å². The average molecular weight is 306 g/mol. The van der Waals surface area contributed by atoms with Crippen LogP contribution in [0.15, 0.2) is 22.7 Å². The molecule has 6 heteroatoms. The van der Waals surface area contributed by atoms with Crippen molar-refractivity contribution >= 4 is 21.8 Å². The second-order valence-electron chi connectivity index (χ2n) is 3.46. The molecular formula is C11H13BrFNO3. The minimum atomic E-state index is -1.19. The van der Waals surface area contributed by atoms with Crippen molar-refractivity contribution in [1.29, 1.82) is 0 Å². The molecule has 0 spiro atoms. The Kier molecular flexibility index (Phi) is 5.04. The van der Waals surface area contributed by atoms with E-state index in [0.29, 0.717) is 4.47 Å². The number of carbonyl (C=O) groups excluding carboxylic acids is 1. The molecule has 0 aliphatic carbocycles. The van der Waals surface area contributed by atoms with Gasteiger partial charge in [0.25, 0.3) is 0 Å². The molecule has 0 bridgehead atoms. The molecule has 17 heavy (non-hydrogen) atoms. The van der Waals surface area contributed by atoms with E-state index in [2.05, 4.69) is 20.8 Å². The highest BCUT2D eigenvalue weighted by molar-refractivity contribution is 9.10. The summed E-state index contributed by atoms with van der Waals surface area (Å²) in [5, 5.41) is 10.7. The van der Waals surface area contributed by atoms with Crippen molar-refractivity contribution in [2.75, 3.05) is 14.2 Å². The summed E-state index contributed by atoms with van der Waals surface area (Å²) >= 11 is 3.11. The number of nitrogens with zero attached hydrogens (tertiary/aromatic N) is 1. The third-order valence-electron chi connectivity index (χ3n) is 2.31. The van der Waals surface area contributed by atoms with Crippen LogP contribution >= 0.6 is 15.9 Å². The zero-order chi connectivity index (χ0) is 13.0. The molecule has 0 saturated carbocycles. The van der Waals surface area contributed by atoms with Gasteiger partial charge in [-0.15, -0.1) is 0 Å². The summed E-state index contributed by atoms with van der Waals surface area (Å²) in [6, 6.07) is 4.28. The molecule has 1 aromatic rings. The maximum atomic E-state index is 13.5. The highest BCUT2D eigenvalue weighted by Gasteiger charge is 2.19. The van der Waals surface area contributed by atoms with Gasteiger partial charge in [0.2, 0.25) is 5.91 Å². The molecule has 0 aromatic heterocycles. The summed E-state index contributed by atoms with van der Waals surface area (Å²) in [5.41, 5.74) is 0.0889. The number of benzene rings is 1. The number of aliphatic hydroxyl groups is 1. The van der Waals surface area contributed by atoms with E-state index in [4.69, 9.17) is 0 Å². The molecule has 4 nitrogen and oxygen atoms in total. The lowest BCUT2D eigenvalue weighted by Gasteiger charge is -2.17. The molecule has 1 rings (SSSR count). The largest absolute Gasteiger partial charge is 0.388 e. The monoisotopic (exact) mass is 305 g/mol. The molecule has 0 saturated heterocycles. The van der Waals surface area contributed by atoms with Crippen LogP contribution in [0.2, 0.25) is 0 Å². The van der Waals surface area contributed by atoms with Crippen LogP contribution in [0.25, 0.3) is 0 Å². The fourth-order valence-corrected chi connectivity index (χ4v) is 1.61. The molecule has 0 fully saturated rings. The summed E-state index contributed by atoms with van der Waals surface area (Å²) in [6.45, 7) is 0. The first kappa shape index (κ1) is 14.1. The van der Waals surface area contributed by atoms with Crippen molar-refractivity contribution < 1.29 is 19.1 Å². The molecule has 94 valence electrons. The standard InChI is InChI=1S/C11H13BrFNO3/c1-14(17-2)11(16)6-10(15)8-4-3-7(12)5-9(8)13/h3-5,10,15H,6H2,1-2H3. The summed E-state index contributed by atoms with van der Waals surface area (Å²) < 4.78 is 14.1. The van der Waals surface area contributed by atoms with Gasteiger partial charge in [0, 0.05) is 17.1 Å². The molecule has 0 radical (unpaired) electrons. The predicted molar refractivity (Wildman–Crippen MR) is 63.5 cm³/mol. The number of rotatable bonds is 4. The van der Waals surface area contributed by atoms with E-state index >= 15 is 0 Å². The number of aliphatic hydroxyl groups excluding tert-OH is 1. The van der Waals surface area contributed by atoms with Crippen molar-refractivity contribution in [1.82, 2.24) is 5.06 Å². The first-order valence-corrected chi connectivity index (χ1v) is 5.68. The smallest absolute Gasteiger partial charge is 0.248 e. The molecule has 0 heterocycles. The predicted octanol–water partition coefficient (Wildman–Crippen LogP) is 2.03. The number of amides is 1. The van der Waals surface area contributed by atoms with E-state index in [1.165, 1.54) is 26.3 Å². The highest BCUT2D eigenvalue weighted by atomic mass is 79.9. The van der Waals surface area contributed by atoms with Crippen LogP contribution < -0.4 is 0 Å². The topological polar surface area (TPSA) is 49.8 Å². The fourth-order valence-electron chi connectivity index (χ4n) is 1.28. The van der Waals surface area contributed by atoms with Crippen LogP contribution in [0, 0.1) is 5.82 Å². The zero-order valence-corrected chi connectivity index (χ0v) is 11.1. The van der Waals surface area contributed by atoms with Crippen molar-refractivity contribution in [3.8, 4) is 0 Å². The van der Waals surface area contributed by atoms with Gasteiger partial charge in [-0.2, -0.15) is 0 Å². The summed E-state index contributed by atoms with van der Waals surface area (Å²) in [6.07, 6.45) is -1.42. The van der Waals surface area contributed by atoms with Crippen LogP contribution in [-0.2, 0) is 9.63 Å². The Morgan fingerprint density at radius 1 is 1.65 bits per heavy atom. The Bertz CT molecular complexity index is 414. The number of hydrogen-bond acceptors (Lipinski definition) is 3. The van der Waals surface area contributed by atoms with Gasteiger partial charge in [-0.25, -0.2) is 9.45 Å². The molecule has 0 aliphatic rings. The van der Waals surface area contributed by atoms with E-state index in [1.54, 1.807) is 6.07 Å². The molecule has 1 amide bonds. The minimum absolute atomic E-state index is 0.0889. The number of hydrogen-bond donors (Lipinski definition) is 1. The second kappa shape index (κ2) is 6.09. The van der Waals surface area contributed by atoms with E-state index in [9.17, 15) is 14.3 Å². The molecule has 0 aliphatic heterocycles. The van der Waals surface area contributed by atoms with Gasteiger partial charge in [0.15, 0.2) is 0 Å². The molecule has 1 aromatic carbocycles. The summed E-state index contributed by atoms with van der Waals surface area (Å²) in [7, 11) is 2.76. The average Bonchev–Trinajstić information content (AvgIpc) is 2.27. The third-order valence-corrected chi connectivity index (χ3v) is 2.81. The van der Waals surface area contributed by atoms with Crippen LogP contribution in [0.1, 0.15) is 18.1 Å². The van der Waals surface area contributed by atoms with Gasteiger partial charge in [-0.3, -0.25) is 9.63 Å². The van der Waals surface area contributed by atoms with E-state index < -0.39 is 17.8 Å². The normalized spacial score (nSPS) is 12.3. The first-order valence-electron chi connectivity index (χ1n) is 4.89. The van der Waals surface area contributed by atoms with Crippen molar-refractivity contribution in [2.24, 2.45) is 0 Å². The first-order chi connectivity index (χ1) is 7.95. The quantitative estimate of drug-likeness (QED) is 0.866. The number of halogens is 2. The van der Waals surface area contributed by atoms with Gasteiger partial charge in [0.05, 0.1) is 19.6 Å². The van der Waals surface area contributed by atoms with Gasteiger partial charge >= 0.3 is 0 Å². The van der Waals surface area contributed by atoms with Crippen molar-refractivity contribution in [3.63, 3.8) is 0 Å². The van der Waals surface area contributed by atoms with E-state index in [-0.39, 0.29) is 12.0 Å². The van der Waals surface area contributed by atoms with Crippen molar-refractivity contribution in [2.45, 2.75) is 12.5 Å². The van der Waals surface area contributed by atoms with E-state index in [0.717, 1.165) is 5.06 Å². The SMILES string of the molecule is CON(C)C(=O)CC(O)c1ccc(Br)cc1F. The highest BCUT2D eigenvalue weighted by Crippen LogP contribution is 2.23. The lowest BCUT2D eigenvalue weighted by atomic mass is 10.1. The van der Waals surface area contributed by atoms with Gasteiger partial charge in [-0.05, 0) is 12.1 Å². The Morgan fingerprint density at radius 2 is 2.29 bits per heavy atom. The van der Waals surface area contributed by atoms with Gasteiger partial charge in [0.1, 0.15) is 5.82 Å². The number of carbonyl (C=O) groups is 1. The van der Waals surface area contributed by atoms with Gasteiger partial charge < -0.3 is 5.11 Å². The minimum Gasteiger partial charge on any atom is -0.388 e. The molecule has 1 unspecified atom stereocenters. The third kappa shape index (κ3) is 3.76. The lowest BCUT2D eigenvalue weighted by Crippen LogP contribution is -2.27. The van der Waals surface area contributed by atoms with Crippen LogP contribution in [0.3, 0.4) is 0 Å². The molecule has 1 N–H and O–H groups in total. The second-order valence-corrected chi connectivity index (χ2v) is 4.38. The number of hydroxylamine groups is 2. The zero-order valence-electron chi connectivity index (χ0n) is 9.48. The lowest BCUT2D eigenvalue weighted by molar-refractivity contribution is -0.170. The molecule has 1 atom stereocenters. The summed E-state index contributed by atoms with van der Waals surface area (Å²) in [4.78, 5) is 16.1. The maximum Gasteiger partial charge on any atom is 0.248 e. The Balaban J connectivity index is 2.76. The molecular weight excluding hydrogens is 293 g/mol. The van der Waals surface area contributed by atoms with Gasteiger partial charge in [-0.1, -0.05) is 22.0 Å².